The minimum absolute atomic E-state index is 0.302. The summed E-state index contributed by atoms with van der Waals surface area (Å²) in [5.74, 6) is -1.27. The van der Waals surface area contributed by atoms with E-state index in [-0.39, 0.29) is 0 Å². The molecule has 0 aliphatic heterocycles. The third-order valence-electron chi connectivity index (χ3n) is 2.49. The van der Waals surface area contributed by atoms with Crippen molar-refractivity contribution in [3.63, 3.8) is 0 Å². The molecule has 0 bridgehead atoms. The van der Waals surface area contributed by atoms with E-state index in [0.29, 0.717) is 6.54 Å². The van der Waals surface area contributed by atoms with E-state index in [2.05, 4.69) is 10.6 Å². The average molecular weight is 252 g/mol. The van der Waals surface area contributed by atoms with Crippen molar-refractivity contribution < 1.29 is 19.8 Å². The predicted molar refractivity (Wildman–Crippen MR) is 65.1 cm³/mol. The molecule has 0 aliphatic rings. The minimum Gasteiger partial charge on any atom is -0.480 e. The number of rotatable bonds is 5. The van der Waals surface area contributed by atoms with Crippen molar-refractivity contribution in [2.24, 2.45) is 0 Å². The summed E-state index contributed by atoms with van der Waals surface area (Å²) in [7, 11) is 0. The molecular weight excluding hydrogens is 236 g/mol. The molecule has 6 heteroatoms. The van der Waals surface area contributed by atoms with Gasteiger partial charge in [0.15, 0.2) is 6.04 Å². The third-order valence-corrected chi connectivity index (χ3v) is 2.49. The summed E-state index contributed by atoms with van der Waals surface area (Å²) in [4.78, 5) is 22.0. The molecule has 0 heterocycles. The van der Waals surface area contributed by atoms with E-state index in [4.69, 9.17) is 10.2 Å². The Balaban J connectivity index is 2.47. The Morgan fingerprint density at radius 3 is 2.56 bits per heavy atom. The number of aliphatic carboxylic acids is 1. The van der Waals surface area contributed by atoms with Crippen molar-refractivity contribution in [2.75, 3.05) is 6.61 Å². The molecule has 0 saturated carbocycles. The van der Waals surface area contributed by atoms with Gasteiger partial charge >= 0.3 is 12.0 Å². The number of carbonyl (C=O) groups is 2. The van der Waals surface area contributed by atoms with Crippen LogP contribution in [0, 0.1) is 6.92 Å². The summed E-state index contributed by atoms with van der Waals surface area (Å²) in [6.45, 7) is 1.58. The number of aliphatic hydroxyl groups is 1. The molecule has 1 rings (SSSR count). The van der Waals surface area contributed by atoms with Crippen LogP contribution >= 0.6 is 0 Å². The normalized spacial score (nSPS) is 11.7. The van der Waals surface area contributed by atoms with Crippen molar-refractivity contribution in [3.05, 3.63) is 35.4 Å². The van der Waals surface area contributed by atoms with Crippen LogP contribution in [-0.2, 0) is 11.3 Å². The first-order valence-corrected chi connectivity index (χ1v) is 5.47. The molecule has 18 heavy (non-hydrogen) atoms. The van der Waals surface area contributed by atoms with Crippen LogP contribution < -0.4 is 10.6 Å². The Morgan fingerprint density at radius 1 is 1.33 bits per heavy atom. The first-order chi connectivity index (χ1) is 8.54. The average Bonchev–Trinajstić information content (AvgIpc) is 2.34. The van der Waals surface area contributed by atoms with E-state index >= 15 is 0 Å². The van der Waals surface area contributed by atoms with Gasteiger partial charge in [-0.1, -0.05) is 24.3 Å². The van der Waals surface area contributed by atoms with Crippen LogP contribution in [0.2, 0.25) is 0 Å². The molecule has 0 spiro atoms. The fourth-order valence-electron chi connectivity index (χ4n) is 1.38. The molecule has 2 amide bonds. The molecule has 0 aliphatic carbocycles. The van der Waals surface area contributed by atoms with Crippen LogP contribution in [0.1, 0.15) is 11.1 Å². The number of nitrogens with one attached hydrogen (secondary N) is 2. The number of amides is 2. The second-order valence-electron chi connectivity index (χ2n) is 3.83. The molecule has 1 aromatic carbocycles. The van der Waals surface area contributed by atoms with E-state index in [1.165, 1.54) is 0 Å². The smallest absolute Gasteiger partial charge is 0.328 e. The van der Waals surface area contributed by atoms with Gasteiger partial charge < -0.3 is 20.8 Å². The monoisotopic (exact) mass is 252 g/mol. The summed E-state index contributed by atoms with van der Waals surface area (Å²) in [6, 6.07) is 5.63. The highest BCUT2D eigenvalue weighted by Crippen LogP contribution is 2.05. The van der Waals surface area contributed by atoms with Crippen LogP contribution in [0.3, 0.4) is 0 Å². The zero-order valence-corrected chi connectivity index (χ0v) is 10.0. The molecule has 1 aromatic rings. The van der Waals surface area contributed by atoms with Gasteiger partial charge in [-0.3, -0.25) is 0 Å². The second-order valence-corrected chi connectivity index (χ2v) is 3.83. The highest BCUT2D eigenvalue weighted by molar-refractivity contribution is 5.82. The first-order valence-electron chi connectivity index (χ1n) is 5.47. The van der Waals surface area contributed by atoms with E-state index in [0.717, 1.165) is 11.1 Å². The molecule has 0 fully saturated rings. The van der Waals surface area contributed by atoms with E-state index in [1.807, 2.05) is 31.2 Å². The maximum atomic E-state index is 11.4. The molecule has 1 unspecified atom stereocenters. The predicted octanol–water partition coefficient (Wildman–Crippen LogP) is 0.240. The van der Waals surface area contributed by atoms with Crippen molar-refractivity contribution in [1.29, 1.82) is 0 Å². The molecule has 0 saturated heterocycles. The SMILES string of the molecule is Cc1ccccc1CNC(=O)NC(CO)C(=O)O. The Morgan fingerprint density at radius 2 is 2.00 bits per heavy atom. The van der Waals surface area contributed by atoms with Gasteiger partial charge in [-0.2, -0.15) is 0 Å². The number of carbonyl (C=O) groups excluding carboxylic acids is 1. The lowest BCUT2D eigenvalue weighted by Gasteiger charge is -2.13. The Hall–Kier alpha value is -2.08. The van der Waals surface area contributed by atoms with Crippen LogP contribution in [0.4, 0.5) is 4.79 Å². The molecule has 0 radical (unpaired) electrons. The third kappa shape index (κ3) is 4.06. The van der Waals surface area contributed by atoms with Crippen LogP contribution in [-0.4, -0.2) is 34.9 Å². The van der Waals surface area contributed by atoms with Crippen molar-refractivity contribution in [1.82, 2.24) is 10.6 Å². The van der Waals surface area contributed by atoms with Gasteiger partial charge in [0, 0.05) is 6.54 Å². The quantitative estimate of drug-likeness (QED) is 0.603. The Labute approximate surface area is 105 Å². The molecule has 1 atom stereocenters. The Bertz CT molecular complexity index is 434. The lowest BCUT2D eigenvalue weighted by Crippen LogP contribution is -2.47. The summed E-state index contributed by atoms with van der Waals surface area (Å²) < 4.78 is 0. The fraction of sp³-hybridized carbons (Fsp3) is 0.333. The topological polar surface area (TPSA) is 98.7 Å². The summed E-state index contributed by atoms with van der Waals surface area (Å²) >= 11 is 0. The lowest BCUT2D eigenvalue weighted by atomic mass is 10.1. The van der Waals surface area contributed by atoms with Crippen molar-refractivity contribution in [2.45, 2.75) is 19.5 Å². The zero-order chi connectivity index (χ0) is 13.5. The van der Waals surface area contributed by atoms with E-state index < -0.39 is 24.6 Å². The molecule has 6 nitrogen and oxygen atoms in total. The van der Waals surface area contributed by atoms with Gasteiger partial charge in [0.1, 0.15) is 0 Å². The summed E-state index contributed by atoms with van der Waals surface area (Å²) in [5.41, 5.74) is 1.98. The van der Waals surface area contributed by atoms with Gasteiger partial charge in [-0.05, 0) is 18.1 Å². The fourth-order valence-corrected chi connectivity index (χ4v) is 1.38. The second kappa shape index (κ2) is 6.61. The minimum atomic E-state index is -1.29. The van der Waals surface area contributed by atoms with Crippen LogP contribution in [0.15, 0.2) is 24.3 Å². The summed E-state index contributed by atoms with van der Waals surface area (Å²) in [5, 5.41) is 22.1. The van der Waals surface area contributed by atoms with Gasteiger partial charge in [-0.25, -0.2) is 9.59 Å². The van der Waals surface area contributed by atoms with Crippen molar-refractivity contribution >= 4 is 12.0 Å². The standard InChI is InChI=1S/C12H16N2O4/c1-8-4-2-3-5-9(8)6-13-12(18)14-10(7-15)11(16)17/h2-5,10,15H,6-7H2,1H3,(H,16,17)(H2,13,14,18). The van der Waals surface area contributed by atoms with Crippen molar-refractivity contribution in [3.8, 4) is 0 Å². The number of carboxylic acids is 1. The highest BCUT2D eigenvalue weighted by Gasteiger charge is 2.18. The van der Waals surface area contributed by atoms with Gasteiger partial charge in [-0.15, -0.1) is 0 Å². The number of hydrogen-bond donors (Lipinski definition) is 4. The van der Waals surface area contributed by atoms with Crippen LogP contribution in [0.5, 0.6) is 0 Å². The molecule has 98 valence electrons. The van der Waals surface area contributed by atoms with E-state index in [1.54, 1.807) is 0 Å². The van der Waals surface area contributed by atoms with E-state index in [9.17, 15) is 9.59 Å². The zero-order valence-electron chi connectivity index (χ0n) is 10.0. The first kappa shape index (κ1) is 14.0. The van der Waals surface area contributed by atoms with Gasteiger partial charge in [0.05, 0.1) is 6.61 Å². The molecular formula is C12H16N2O4. The summed E-state index contributed by atoms with van der Waals surface area (Å²) in [6.07, 6.45) is 0. The number of aryl methyl sites for hydroxylation is 1. The number of carboxylic acid groups (broad SMARTS) is 1. The van der Waals surface area contributed by atoms with Gasteiger partial charge in [0.25, 0.3) is 0 Å². The number of benzene rings is 1. The maximum absolute atomic E-state index is 11.4. The maximum Gasteiger partial charge on any atom is 0.328 e. The lowest BCUT2D eigenvalue weighted by molar-refractivity contribution is -0.140. The highest BCUT2D eigenvalue weighted by atomic mass is 16.4. The van der Waals surface area contributed by atoms with Gasteiger partial charge in [0.2, 0.25) is 0 Å². The molecule has 0 aromatic heterocycles. The largest absolute Gasteiger partial charge is 0.480 e. The van der Waals surface area contributed by atoms with Crippen LogP contribution in [0.25, 0.3) is 0 Å². The Kier molecular flexibility index (Phi) is 5.13. The number of hydrogen-bond acceptors (Lipinski definition) is 3. The number of aliphatic hydroxyl groups excluding tert-OH is 1. The molecule has 4 N–H and O–H groups in total. The number of urea groups is 1.